The van der Waals surface area contributed by atoms with E-state index in [0.29, 0.717) is 25.5 Å². The lowest BCUT2D eigenvalue weighted by Crippen LogP contribution is -2.39. The molecule has 2 aromatic heterocycles. The van der Waals surface area contributed by atoms with E-state index in [-0.39, 0.29) is 22.8 Å². The van der Waals surface area contributed by atoms with Crippen LogP contribution in [-0.4, -0.2) is 46.3 Å². The monoisotopic (exact) mass is 425 g/mol. The lowest BCUT2D eigenvalue weighted by atomic mass is 10.0. The number of hydrogen-bond donors (Lipinski definition) is 1. The van der Waals surface area contributed by atoms with Crippen LogP contribution in [0.4, 0.5) is 0 Å². The molecule has 1 aliphatic heterocycles. The molecule has 1 amide bonds. The maximum absolute atomic E-state index is 13.0. The van der Waals surface area contributed by atoms with Crippen molar-refractivity contribution in [1.29, 1.82) is 0 Å². The van der Waals surface area contributed by atoms with Gasteiger partial charge in [-0.2, -0.15) is 4.31 Å². The Balaban J connectivity index is 1.69. The van der Waals surface area contributed by atoms with Crippen molar-refractivity contribution < 1.29 is 13.2 Å². The van der Waals surface area contributed by atoms with Crippen LogP contribution in [0, 0.1) is 12.8 Å². The number of carbonyl (C=O) groups is 1. The van der Waals surface area contributed by atoms with Crippen LogP contribution in [0.15, 0.2) is 16.6 Å². The van der Waals surface area contributed by atoms with Gasteiger partial charge in [0.05, 0.1) is 17.2 Å². The summed E-state index contributed by atoms with van der Waals surface area (Å²) in [6.45, 7) is 6.78. The van der Waals surface area contributed by atoms with E-state index in [1.807, 2.05) is 19.2 Å². The Bertz CT molecular complexity index is 929. The Morgan fingerprint density at radius 1 is 1.39 bits per heavy atom. The minimum Gasteiger partial charge on any atom is -0.350 e. The molecule has 1 saturated heterocycles. The van der Waals surface area contributed by atoms with Gasteiger partial charge >= 0.3 is 0 Å². The summed E-state index contributed by atoms with van der Waals surface area (Å²) >= 11 is 1.53. The predicted molar refractivity (Wildman–Crippen MR) is 107 cm³/mol. The van der Waals surface area contributed by atoms with Crippen molar-refractivity contribution in [2.45, 2.75) is 51.1 Å². The number of nitrogens with one attached hydrogen (secondary N) is 1. The summed E-state index contributed by atoms with van der Waals surface area (Å²) in [5.41, 5.74) is 0.814. The lowest BCUT2D eigenvalue weighted by molar-refractivity contribution is -0.124. The van der Waals surface area contributed by atoms with Crippen LogP contribution in [0.3, 0.4) is 0 Å². The molecular formula is C18H27N5O3S2. The van der Waals surface area contributed by atoms with Crippen molar-refractivity contribution in [2.24, 2.45) is 13.0 Å². The summed E-state index contributed by atoms with van der Waals surface area (Å²) in [5.74, 6) is 0.661. The van der Waals surface area contributed by atoms with E-state index < -0.39 is 10.0 Å². The zero-order chi connectivity index (χ0) is 20.5. The van der Waals surface area contributed by atoms with Crippen LogP contribution in [0.25, 0.3) is 0 Å². The molecule has 0 aliphatic carbocycles. The first-order valence-corrected chi connectivity index (χ1v) is 11.7. The third-order valence-electron chi connectivity index (χ3n) is 4.96. The molecule has 1 N–H and O–H groups in total. The number of amides is 1. The van der Waals surface area contributed by atoms with Gasteiger partial charge in [0.1, 0.15) is 5.82 Å². The Labute approximate surface area is 170 Å². The van der Waals surface area contributed by atoms with Crippen molar-refractivity contribution in [3.63, 3.8) is 0 Å². The molecule has 3 rings (SSSR count). The van der Waals surface area contributed by atoms with E-state index in [1.54, 1.807) is 24.7 Å². The molecule has 0 spiro atoms. The lowest BCUT2D eigenvalue weighted by Gasteiger charge is -2.30. The van der Waals surface area contributed by atoms with E-state index in [0.717, 1.165) is 23.5 Å². The van der Waals surface area contributed by atoms with E-state index in [1.165, 1.54) is 15.6 Å². The van der Waals surface area contributed by atoms with Crippen molar-refractivity contribution in [3.8, 4) is 0 Å². The SMILES string of the molecule is Cc1nc(S(=O)(=O)N2CCC[C@@H](c3nc(CNC(=O)C(C)C)cs3)C2)cn1C. The molecule has 0 radical (unpaired) electrons. The third-order valence-corrected chi connectivity index (χ3v) is 7.75. The Hall–Kier alpha value is -1.78. The quantitative estimate of drug-likeness (QED) is 0.764. The van der Waals surface area contributed by atoms with Crippen molar-refractivity contribution >= 4 is 27.3 Å². The van der Waals surface area contributed by atoms with E-state index in [2.05, 4.69) is 15.3 Å². The zero-order valence-electron chi connectivity index (χ0n) is 16.7. The molecule has 1 fully saturated rings. The second-order valence-electron chi connectivity index (χ2n) is 7.49. The molecule has 0 unspecified atom stereocenters. The van der Waals surface area contributed by atoms with Crippen LogP contribution >= 0.6 is 11.3 Å². The summed E-state index contributed by atoms with van der Waals surface area (Å²) < 4.78 is 29.2. The number of aromatic nitrogens is 3. The molecule has 0 aromatic carbocycles. The van der Waals surface area contributed by atoms with Gasteiger partial charge < -0.3 is 9.88 Å². The molecule has 8 nitrogen and oxygen atoms in total. The van der Waals surface area contributed by atoms with E-state index in [9.17, 15) is 13.2 Å². The second-order valence-corrected chi connectivity index (χ2v) is 10.3. The van der Waals surface area contributed by atoms with Gasteiger partial charge in [-0.15, -0.1) is 11.3 Å². The minimum absolute atomic E-state index is 0.00450. The number of piperidine rings is 1. The Kier molecular flexibility index (Phi) is 6.21. The minimum atomic E-state index is -3.61. The number of imidazole rings is 1. The highest BCUT2D eigenvalue weighted by molar-refractivity contribution is 7.89. The van der Waals surface area contributed by atoms with Crippen molar-refractivity contribution in [2.75, 3.05) is 13.1 Å². The molecule has 3 heterocycles. The predicted octanol–water partition coefficient (Wildman–Crippen LogP) is 2.03. The summed E-state index contributed by atoms with van der Waals surface area (Å²) in [6.07, 6.45) is 3.25. The summed E-state index contributed by atoms with van der Waals surface area (Å²) in [6, 6.07) is 0. The highest BCUT2D eigenvalue weighted by atomic mass is 32.2. The Morgan fingerprint density at radius 3 is 2.79 bits per heavy atom. The highest BCUT2D eigenvalue weighted by Crippen LogP contribution is 2.31. The molecular weight excluding hydrogens is 398 g/mol. The molecule has 0 bridgehead atoms. The molecule has 1 aliphatic rings. The van der Waals surface area contributed by atoms with E-state index in [4.69, 9.17) is 0 Å². The first-order chi connectivity index (χ1) is 13.2. The number of hydrogen-bond acceptors (Lipinski definition) is 6. The molecule has 10 heteroatoms. The average molecular weight is 426 g/mol. The molecule has 2 aromatic rings. The van der Waals surface area contributed by atoms with Crippen molar-refractivity contribution in [3.05, 3.63) is 28.1 Å². The first-order valence-electron chi connectivity index (χ1n) is 9.40. The molecule has 1 atom stereocenters. The number of nitrogens with zero attached hydrogens (tertiary/aromatic N) is 4. The molecule has 28 heavy (non-hydrogen) atoms. The van der Waals surface area contributed by atoms with Crippen LogP contribution in [0.2, 0.25) is 0 Å². The highest BCUT2D eigenvalue weighted by Gasteiger charge is 2.33. The van der Waals surface area contributed by atoms with Gasteiger partial charge in [0.2, 0.25) is 5.91 Å². The van der Waals surface area contributed by atoms with Gasteiger partial charge in [-0.05, 0) is 19.8 Å². The fourth-order valence-electron chi connectivity index (χ4n) is 3.12. The third kappa shape index (κ3) is 4.44. The maximum atomic E-state index is 13.0. The van der Waals surface area contributed by atoms with Gasteiger partial charge in [0.25, 0.3) is 10.0 Å². The van der Waals surface area contributed by atoms with Crippen LogP contribution < -0.4 is 5.32 Å². The second kappa shape index (κ2) is 8.30. The van der Waals surface area contributed by atoms with Gasteiger partial charge in [-0.1, -0.05) is 13.8 Å². The maximum Gasteiger partial charge on any atom is 0.262 e. The normalized spacial score (nSPS) is 18.5. The Morgan fingerprint density at radius 2 is 2.14 bits per heavy atom. The fourth-order valence-corrected chi connectivity index (χ4v) is 5.61. The zero-order valence-corrected chi connectivity index (χ0v) is 18.3. The smallest absolute Gasteiger partial charge is 0.262 e. The topological polar surface area (TPSA) is 97.2 Å². The largest absolute Gasteiger partial charge is 0.350 e. The summed E-state index contributed by atoms with van der Waals surface area (Å²) in [7, 11) is -1.82. The van der Waals surface area contributed by atoms with Gasteiger partial charge in [-0.3, -0.25) is 4.79 Å². The first kappa shape index (κ1) is 20.9. The standard InChI is InChI=1S/C18H27N5O3S2/c1-12(2)17(24)19-8-15-11-27-18(21-15)14-6-5-7-23(9-14)28(25,26)16-10-22(4)13(3)20-16/h10-12,14H,5-9H2,1-4H3,(H,19,24)/t14-/m1/s1. The fraction of sp³-hybridized carbons (Fsp3) is 0.611. The number of sulfonamides is 1. The molecule has 0 saturated carbocycles. The number of thiazole rings is 1. The summed E-state index contributed by atoms with van der Waals surface area (Å²) in [4.78, 5) is 20.6. The number of rotatable bonds is 6. The number of carbonyl (C=O) groups excluding carboxylic acids is 1. The van der Waals surface area contributed by atoms with Crippen LogP contribution in [-0.2, 0) is 28.4 Å². The van der Waals surface area contributed by atoms with Crippen molar-refractivity contribution in [1.82, 2.24) is 24.2 Å². The average Bonchev–Trinajstić information content (AvgIpc) is 3.27. The van der Waals surface area contributed by atoms with Gasteiger partial charge in [0, 0.05) is 43.5 Å². The van der Waals surface area contributed by atoms with Crippen LogP contribution in [0.1, 0.15) is 49.1 Å². The molecule has 154 valence electrons. The summed E-state index contributed by atoms with van der Waals surface area (Å²) in [5, 5.41) is 5.82. The van der Waals surface area contributed by atoms with Gasteiger partial charge in [0.15, 0.2) is 5.03 Å². The number of aryl methyl sites for hydroxylation is 2. The van der Waals surface area contributed by atoms with E-state index >= 15 is 0 Å². The van der Waals surface area contributed by atoms with Gasteiger partial charge in [-0.25, -0.2) is 18.4 Å². The van der Waals surface area contributed by atoms with Crippen LogP contribution in [0.5, 0.6) is 0 Å².